The smallest absolute Gasteiger partial charge is 0.0602 e. The fourth-order valence-electron chi connectivity index (χ4n) is 8.26. The normalized spacial score (nSPS) is 12.6. The average molecular weight is 667 g/mol. The van der Waals surface area contributed by atoms with E-state index in [9.17, 15) is 0 Å². The highest BCUT2D eigenvalue weighted by atomic mass is 32.2. The lowest BCUT2D eigenvalue weighted by Crippen LogP contribution is -2.14. The number of aromatic nitrogens is 1. The number of fused-ring (bicyclic) bond motifs is 11. The third kappa shape index (κ3) is 4.32. The number of para-hydroxylation sites is 3. The molecule has 0 radical (unpaired) electrons. The van der Waals surface area contributed by atoms with E-state index in [-0.39, 0.29) is 0 Å². The minimum absolute atomic E-state index is 1.17. The Morgan fingerprint density at radius 3 is 1.67 bits per heavy atom. The topological polar surface area (TPSA) is 8.17 Å². The van der Waals surface area contributed by atoms with Crippen LogP contribution in [0.2, 0.25) is 0 Å². The Balaban J connectivity index is 1.08. The van der Waals surface area contributed by atoms with Crippen LogP contribution >= 0.6 is 11.8 Å². The van der Waals surface area contributed by atoms with Gasteiger partial charge < -0.3 is 9.47 Å². The van der Waals surface area contributed by atoms with Crippen molar-refractivity contribution in [3.05, 3.63) is 182 Å². The standard InChI is InChI=1S/C48H30N2S/c1-2-12-33(13-3-1)49-45-20-10-11-21-47(45)51-48-29-32(23-27-46(48)49)31-22-26-44-42(28-31)40-18-8-9-19-43(40)50(44)34-24-25-39-37-16-5-4-14-35(37)36-15-6-7-17-38(36)41(39)30-34/h1-30H. The van der Waals surface area contributed by atoms with Crippen LogP contribution in [0.25, 0.3) is 70.9 Å². The molecule has 0 amide bonds. The molecule has 238 valence electrons. The van der Waals surface area contributed by atoms with Crippen LogP contribution in [0, 0.1) is 0 Å². The van der Waals surface area contributed by atoms with E-state index in [1.165, 1.54) is 97.8 Å². The van der Waals surface area contributed by atoms with Crippen LogP contribution in [0.4, 0.5) is 17.1 Å². The van der Waals surface area contributed by atoms with E-state index in [0.29, 0.717) is 0 Å². The number of nitrogens with zero attached hydrogens (tertiary/aromatic N) is 2. The second-order valence-corrected chi connectivity index (χ2v) is 14.4. The van der Waals surface area contributed by atoms with E-state index in [1.807, 2.05) is 11.8 Å². The number of benzene rings is 9. The molecular weight excluding hydrogens is 637 g/mol. The predicted octanol–water partition coefficient (Wildman–Crippen LogP) is 13.8. The van der Waals surface area contributed by atoms with Crippen molar-refractivity contribution in [1.82, 2.24) is 4.57 Å². The Morgan fingerprint density at radius 2 is 0.882 bits per heavy atom. The Morgan fingerprint density at radius 1 is 0.314 bits per heavy atom. The molecule has 3 heteroatoms. The minimum atomic E-state index is 1.17. The van der Waals surface area contributed by atoms with Gasteiger partial charge in [-0.3, -0.25) is 0 Å². The molecule has 11 rings (SSSR count). The summed E-state index contributed by atoms with van der Waals surface area (Å²) in [7, 11) is 0. The lowest BCUT2D eigenvalue weighted by Gasteiger charge is -2.33. The summed E-state index contributed by atoms with van der Waals surface area (Å²) in [4.78, 5) is 4.91. The maximum Gasteiger partial charge on any atom is 0.0602 e. The van der Waals surface area contributed by atoms with Gasteiger partial charge in [0.1, 0.15) is 0 Å². The third-order valence-electron chi connectivity index (χ3n) is 10.5. The van der Waals surface area contributed by atoms with Crippen molar-refractivity contribution in [2.75, 3.05) is 4.90 Å². The van der Waals surface area contributed by atoms with Crippen LogP contribution in [0.1, 0.15) is 0 Å². The molecule has 10 aromatic rings. The molecular formula is C48H30N2S. The summed E-state index contributed by atoms with van der Waals surface area (Å²) in [5.74, 6) is 0. The molecule has 9 aromatic carbocycles. The van der Waals surface area contributed by atoms with E-state index in [4.69, 9.17) is 0 Å². The first-order valence-corrected chi connectivity index (χ1v) is 18.3. The van der Waals surface area contributed by atoms with Gasteiger partial charge in [0.2, 0.25) is 0 Å². The van der Waals surface area contributed by atoms with Crippen molar-refractivity contribution in [1.29, 1.82) is 0 Å². The monoisotopic (exact) mass is 666 g/mol. The molecule has 1 aromatic heterocycles. The Bertz CT molecular complexity index is 2980. The lowest BCUT2D eigenvalue weighted by molar-refractivity contribution is 1.17. The summed E-state index contributed by atoms with van der Waals surface area (Å²) in [5, 5.41) is 10.3. The molecule has 0 saturated heterocycles. The molecule has 0 saturated carbocycles. The fraction of sp³-hybridized carbons (Fsp3) is 0. The first-order chi connectivity index (χ1) is 25.3. The van der Waals surface area contributed by atoms with Crippen molar-refractivity contribution in [3.8, 4) is 16.8 Å². The highest BCUT2D eigenvalue weighted by Crippen LogP contribution is 2.52. The van der Waals surface area contributed by atoms with Crippen molar-refractivity contribution in [3.63, 3.8) is 0 Å². The maximum atomic E-state index is 2.44. The first kappa shape index (κ1) is 28.5. The SMILES string of the molecule is c1ccc(N2c3ccccc3Sc3cc(-c4ccc5c(c4)c4ccccc4n5-c4ccc5c6ccccc6c6ccccc6c5c4)ccc32)cc1. The van der Waals surface area contributed by atoms with Crippen molar-refractivity contribution in [2.24, 2.45) is 0 Å². The minimum Gasteiger partial charge on any atom is -0.309 e. The predicted molar refractivity (Wildman–Crippen MR) is 218 cm³/mol. The molecule has 1 aliphatic heterocycles. The zero-order chi connectivity index (χ0) is 33.5. The summed E-state index contributed by atoms with van der Waals surface area (Å²) >= 11 is 1.85. The molecule has 2 nitrogen and oxygen atoms in total. The van der Waals surface area contributed by atoms with E-state index in [1.54, 1.807) is 0 Å². The lowest BCUT2D eigenvalue weighted by atomic mass is 9.94. The molecule has 0 atom stereocenters. The van der Waals surface area contributed by atoms with Crippen LogP contribution in [0.3, 0.4) is 0 Å². The molecule has 0 fully saturated rings. The second kappa shape index (κ2) is 11.1. The van der Waals surface area contributed by atoms with Gasteiger partial charge in [-0.2, -0.15) is 0 Å². The van der Waals surface area contributed by atoms with Crippen molar-refractivity contribution in [2.45, 2.75) is 9.79 Å². The Kier molecular flexibility index (Phi) is 6.22. The van der Waals surface area contributed by atoms with Gasteiger partial charge in [0, 0.05) is 31.9 Å². The molecule has 1 aliphatic rings. The fourth-order valence-corrected chi connectivity index (χ4v) is 9.35. The van der Waals surface area contributed by atoms with Crippen LogP contribution in [0.5, 0.6) is 0 Å². The number of hydrogen-bond donors (Lipinski definition) is 0. The number of anilines is 3. The van der Waals surface area contributed by atoms with Gasteiger partial charge in [-0.1, -0.05) is 127 Å². The van der Waals surface area contributed by atoms with Crippen LogP contribution in [-0.4, -0.2) is 4.57 Å². The molecule has 51 heavy (non-hydrogen) atoms. The van der Waals surface area contributed by atoms with Gasteiger partial charge in [0.05, 0.1) is 22.4 Å². The summed E-state index contributed by atoms with van der Waals surface area (Å²) in [6.07, 6.45) is 0. The van der Waals surface area contributed by atoms with Crippen molar-refractivity contribution < 1.29 is 0 Å². The largest absolute Gasteiger partial charge is 0.309 e. The quantitative estimate of drug-likeness (QED) is 0.173. The van der Waals surface area contributed by atoms with E-state index in [2.05, 4.69) is 191 Å². The number of hydrogen-bond acceptors (Lipinski definition) is 2. The van der Waals surface area contributed by atoms with Crippen LogP contribution < -0.4 is 4.90 Å². The molecule has 0 aliphatic carbocycles. The van der Waals surface area contributed by atoms with E-state index >= 15 is 0 Å². The van der Waals surface area contributed by atoms with Crippen LogP contribution in [0.15, 0.2) is 192 Å². The van der Waals surface area contributed by atoms with Gasteiger partial charge in [0.15, 0.2) is 0 Å². The third-order valence-corrected chi connectivity index (χ3v) is 11.6. The van der Waals surface area contributed by atoms with Gasteiger partial charge in [-0.25, -0.2) is 0 Å². The van der Waals surface area contributed by atoms with E-state index < -0.39 is 0 Å². The Labute approximate surface area is 299 Å². The van der Waals surface area contributed by atoms with Gasteiger partial charge in [0.25, 0.3) is 0 Å². The molecule has 2 heterocycles. The average Bonchev–Trinajstić information content (AvgIpc) is 3.53. The summed E-state index contributed by atoms with van der Waals surface area (Å²) in [6, 6.07) is 66.7. The highest BCUT2D eigenvalue weighted by Gasteiger charge is 2.25. The van der Waals surface area contributed by atoms with Crippen LogP contribution in [-0.2, 0) is 0 Å². The second-order valence-electron chi connectivity index (χ2n) is 13.3. The summed E-state index contributed by atoms with van der Waals surface area (Å²) < 4.78 is 2.44. The molecule has 0 N–H and O–H groups in total. The molecule has 0 bridgehead atoms. The molecule has 0 spiro atoms. The summed E-state index contributed by atoms with van der Waals surface area (Å²) in [6.45, 7) is 0. The maximum absolute atomic E-state index is 2.44. The van der Waals surface area contributed by atoms with Gasteiger partial charge in [-0.15, -0.1) is 0 Å². The Hall–Kier alpha value is -6.29. The van der Waals surface area contributed by atoms with Crippen molar-refractivity contribution >= 4 is 82.9 Å². The van der Waals surface area contributed by atoms with Gasteiger partial charge >= 0.3 is 0 Å². The molecule has 0 unspecified atom stereocenters. The highest BCUT2D eigenvalue weighted by molar-refractivity contribution is 7.99. The first-order valence-electron chi connectivity index (χ1n) is 17.4. The number of rotatable bonds is 3. The summed E-state index contributed by atoms with van der Waals surface area (Å²) in [5.41, 5.74) is 9.63. The zero-order valence-corrected chi connectivity index (χ0v) is 28.4. The van der Waals surface area contributed by atoms with E-state index in [0.717, 1.165) is 0 Å². The zero-order valence-electron chi connectivity index (χ0n) is 27.6. The van der Waals surface area contributed by atoms with Gasteiger partial charge in [-0.05, 0) is 110 Å².